The van der Waals surface area contributed by atoms with Crippen molar-refractivity contribution >= 4 is 73.5 Å². The Labute approximate surface area is 231 Å². The number of rotatable bonds is 14. The molecule has 1 atom stereocenters. The van der Waals surface area contributed by atoms with E-state index in [4.69, 9.17) is 16.3 Å². The van der Waals surface area contributed by atoms with Gasteiger partial charge < -0.3 is 15.2 Å². The number of sulfone groups is 1. The van der Waals surface area contributed by atoms with Gasteiger partial charge in [-0.3, -0.25) is 14.4 Å². The summed E-state index contributed by atoms with van der Waals surface area (Å²) in [6, 6.07) is 12.6. The second-order valence-electron chi connectivity index (χ2n) is 7.93. The van der Waals surface area contributed by atoms with E-state index in [-0.39, 0.29) is 23.2 Å². The van der Waals surface area contributed by atoms with Crippen molar-refractivity contribution in [2.24, 2.45) is 0 Å². The first-order chi connectivity index (χ1) is 17.5. The highest BCUT2D eigenvalue weighted by molar-refractivity contribution is 7.99. The number of carbonyl (C=O) groups is 3. The zero-order valence-electron chi connectivity index (χ0n) is 19.6. The monoisotopic (exact) mass is 601 g/mol. The van der Waals surface area contributed by atoms with Crippen LogP contribution in [-0.2, 0) is 43.1 Å². The predicted molar refractivity (Wildman–Crippen MR) is 146 cm³/mol. The van der Waals surface area contributed by atoms with Crippen molar-refractivity contribution in [1.29, 1.82) is 0 Å². The van der Waals surface area contributed by atoms with Crippen LogP contribution in [0.1, 0.15) is 31.4 Å². The van der Waals surface area contributed by atoms with Crippen LogP contribution in [-0.4, -0.2) is 49.2 Å². The molecule has 0 bridgehead atoms. The van der Waals surface area contributed by atoms with Gasteiger partial charge in [-0.1, -0.05) is 29.8 Å². The summed E-state index contributed by atoms with van der Waals surface area (Å²) in [5.41, 5.74) is 0.865. The number of amides is 1. The highest BCUT2D eigenvalue weighted by Crippen LogP contribution is 2.24. The van der Waals surface area contributed by atoms with Crippen molar-refractivity contribution < 1.29 is 32.6 Å². The number of nitrogens with one attached hydrogen (secondary N) is 1. The van der Waals surface area contributed by atoms with Crippen molar-refractivity contribution in [2.45, 2.75) is 35.6 Å². The number of halogens is 1. The minimum Gasteiger partial charge on any atom is -0.481 e. The lowest BCUT2D eigenvalue weighted by Gasteiger charge is -2.15. The van der Waals surface area contributed by atoms with Crippen LogP contribution in [0.25, 0.3) is 0 Å². The molecule has 0 fully saturated rings. The van der Waals surface area contributed by atoms with E-state index in [2.05, 4.69) is 5.32 Å². The van der Waals surface area contributed by atoms with Gasteiger partial charge in [0.1, 0.15) is 4.21 Å². The van der Waals surface area contributed by atoms with E-state index in [1.54, 1.807) is 24.3 Å². The molecule has 0 aliphatic rings. The SMILES string of the molecule is CS(=O)(=O)c1ccc(COCc2ccc(C(=O)NC(CC(=O)O)C(=O)CSCc3ccccc3Cl)s2)s1. The van der Waals surface area contributed by atoms with Gasteiger partial charge in [0, 0.05) is 26.8 Å². The van der Waals surface area contributed by atoms with Gasteiger partial charge in [-0.25, -0.2) is 8.42 Å². The molecule has 2 heterocycles. The second kappa shape index (κ2) is 13.5. The van der Waals surface area contributed by atoms with Crippen LogP contribution in [0, 0.1) is 0 Å². The molecule has 198 valence electrons. The van der Waals surface area contributed by atoms with Crippen molar-refractivity contribution in [2.75, 3.05) is 12.0 Å². The van der Waals surface area contributed by atoms with Crippen molar-refractivity contribution in [3.63, 3.8) is 0 Å². The number of carbonyl (C=O) groups excluding carboxylic acids is 2. The molecular weight excluding hydrogens is 578 g/mol. The average Bonchev–Trinajstić information content (AvgIpc) is 3.49. The van der Waals surface area contributed by atoms with Crippen LogP contribution < -0.4 is 5.32 Å². The van der Waals surface area contributed by atoms with Crippen LogP contribution in [0.2, 0.25) is 5.02 Å². The minimum atomic E-state index is -3.26. The molecule has 0 radical (unpaired) electrons. The molecule has 0 spiro atoms. The minimum absolute atomic E-state index is 0.0246. The number of carboxylic acids is 1. The Morgan fingerprint density at radius 3 is 2.38 bits per heavy atom. The van der Waals surface area contributed by atoms with Crippen molar-refractivity contribution in [3.8, 4) is 0 Å². The molecule has 13 heteroatoms. The first kappa shape index (κ1) is 29.3. The lowest BCUT2D eigenvalue weighted by atomic mass is 10.1. The Kier molecular flexibility index (Phi) is 10.7. The summed E-state index contributed by atoms with van der Waals surface area (Å²) in [5, 5.41) is 12.4. The summed E-state index contributed by atoms with van der Waals surface area (Å²) >= 11 is 9.73. The zero-order chi connectivity index (χ0) is 27.0. The third-order valence-electron chi connectivity index (χ3n) is 4.91. The van der Waals surface area contributed by atoms with Gasteiger partial charge in [0.05, 0.1) is 36.3 Å². The zero-order valence-corrected chi connectivity index (χ0v) is 23.7. The standard InChI is InChI=1S/C24H24ClNO7S4/c1-37(31,32)23-9-7-17(36-23)12-33-11-16-6-8-21(35-16)24(30)26-19(10-22(28)29)20(27)14-34-13-15-4-2-3-5-18(15)25/h2-9,19H,10-14H2,1H3,(H,26,30)(H,28,29). The van der Waals surface area contributed by atoms with Crippen LogP contribution in [0.15, 0.2) is 52.7 Å². The number of benzene rings is 1. The topological polar surface area (TPSA) is 127 Å². The van der Waals surface area contributed by atoms with Gasteiger partial charge >= 0.3 is 5.97 Å². The Balaban J connectivity index is 1.51. The molecule has 2 N–H and O–H groups in total. The highest BCUT2D eigenvalue weighted by Gasteiger charge is 2.25. The van der Waals surface area contributed by atoms with E-state index >= 15 is 0 Å². The fraction of sp³-hybridized carbons (Fsp3) is 0.292. The number of thioether (sulfide) groups is 1. The van der Waals surface area contributed by atoms with Crippen LogP contribution in [0.3, 0.4) is 0 Å². The lowest BCUT2D eigenvalue weighted by Crippen LogP contribution is -2.43. The average molecular weight is 602 g/mol. The Bertz CT molecular complexity index is 1370. The number of thiophene rings is 2. The van der Waals surface area contributed by atoms with Crippen LogP contribution in [0.5, 0.6) is 0 Å². The van der Waals surface area contributed by atoms with Crippen LogP contribution in [0.4, 0.5) is 0 Å². The van der Waals surface area contributed by atoms with Crippen molar-refractivity contribution in [3.05, 3.63) is 73.7 Å². The molecule has 0 aliphatic carbocycles. The molecule has 1 amide bonds. The molecule has 2 aromatic heterocycles. The van der Waals surface area contributed by atoms with Crippen LogP contribution >= 0.6 is 46.0 Å². The molecule has 0 saturated heterocycles. The van der Waals surface area contributed by atoms with Crippen molar-refractivity contribution in [1.82, 2.24) is 5.32 Å². The lowest BCUT2D eigenvalue weighted by molar-refractivity contribution is -0.139. The Morgan fingerprint density at radius 1 is 1.05 bits per heavy atom. The van der Waals surface area contributed by atoms with Gasteiger partial charge in [0.2, 0.25) is 0 Å². The van der Waals surface area contributed by atoms with E-state index in [0.29, 0.717) is 15.7 Å². The number of carboxylic acid groups (broad SMARTS) is 1. The van der Waals surface area contributed by atoms with E-state index in [1.807, 2.05) is 18.2 Å². The highest BCUT2D eigenvalue weighted by atomic mass is 35.5. The molecule has 1 unspecified atom stereocenters. The van der Waals surface area contributed by atoms with E-state index in [1.165, 1.54) is 29.2 Å². The second-order valence-corrected chi connectivity index (χ2v) is 13.9. The normalized spacial score (nSPS) is 12.3. The summed E-state index contributed by atoms with van der Waals surface area (Å²) < 4.78 is 29.1. The van der Waals surface area contributed by atoms with E-state index in [9.17, 15) is 27.9 Å². The number of hydrogen-bond donors (Lipinski definition) is 2. The van der Waals surface area contributed by atoms with E-state index < -0.39 is 40.0 Å². The fourth-order valence-corrected chi connectivity index (χ4v) is 7.11. The number of aliphatic carboxylic acids is 1. The third kappa shape index (κ3) is 9.24. The largest absolute Gasteiger partial charge is 0.481 e. The number of Topliss-reactive ketones (excluding diaryl/α,β-unsaturated/α-hetero) is 1. The number of hydrogen-bond acceptors (Lipinski definition) is 9. The predicted octanol–water partition coefficient (Wildman–Crippen LogP) is 4.66. The molecule has 0 aliphatic heterocycles. The van der Waals surface area contributed by atoms with Gasteiger partial charge in [-0.15, -0.1) is 34.4 Å². The smallest absolute Gasteiger partial charge is 0.305 e. The maximum atomic E-state index is 12.7. The molecular formula is C24H24ClNO7S4. The Hall–Kier alpha value is -2.22. The molecule has 1 aromatic carbocycles. The third-order valence-corrected chi connectivity index (χ3v) is 10.2. The van der Waals surface area contributed by atoms with Gasteiger partial charge in [-0.2, -0.15) is 0 Å². The molecule has 8 nitrogen and oxygen atoms in total. The number of ketones is 1. The summed E-state index contributed by atoms with van der Waals surface area (Å²) in [7, 11) is -3.26. The molecule has 0 saturated carbocycles. The van der Waals surface area contributed by atoms with Gasteiger partial charge in [0.15, 0.2) is 15.6 Å². The first-order valence-corrected chi connectivity index (χ1v) is 15.9. The maximum Gasteiger partial charge on any atom is 0.305 e. The molecule has 3 aromatic rings. The number of ether oxygens (including phenoxy) is 1. The summed E-state index contributed by atoms with van der Waals surface area (Å²) in [4.78, 5) is 38.5. The summed E-state index contributed by atoms with van der Waals surface area (Å²) in [5.74, 6) is -1.62. The van der Waals surface area contributed by atoms with Gasteiger partial charge in [-0.05, 0) is 35.9 Å². The fourth-order valence-electron chi connectivity index (χ4n) is 3.09. The first-order valence-electron chi connectivity index (χ1n) is 10.8. The van der Waals surface area contributed by atoms with Gasteiger partial charge in [0.25, 0.3) is 5.91 Å². The summed E-state index contributed by atoms with van der Waals surface area (Å²) in [6.45, 7) is 0.431. The molecule has 37 heavy (non-hydrogen) atoms. The Morgan fingerprint density at radius 2 is 1.73 bits per heavy atom. The van der Waals surface area contributed by atoms with E-state index in [0.717, 1.165) is 32.9 Å². The maximum absolute atomic E-state index is 12.7. The molecule has 3 rings (SSSR count). The quantitative estimate of drug-likeness (QED) is 0.273. The summed E-state index contributed by atoms with van der Waals surface area (Å²) in [6.07, 6.45) is 0.630.